The first-order valence-corrected chi connectivity index (χ1v) is 8.19. The van der Waals surface area contributed by atoms with Gasteiger partial charge in [0.15, 0.2) is 0 Å². The molecule has 1 aromatic rings. The van der Waals surface area contributed by atoms with Gasteiger partial charge in [-0.25, -0.2) is 4.79 Å². The van der Waals surface area contributed by atoms with Crippen molar-refractivity contribution in [1.82, 2.24) is 9.80 Å². The zero-order valence-corrected chi connectivity index (χ0v) is 13.0. The molecule has 0 aromatic heterocycles. The predicted octanol–water partition coefficient (Wildman–Crippen LogP) is 1.82. The molecule has 0 bridgehead atoms. The number of benzene rings is 1. The molecular weight excluding hydrogens is 278 g/mol. The summed E-state index contributed by atoms with van der Waals surface area (Å²) in [5.74, 6) is 0. The lowest BCUT2D eigenvalue weighted by Crippen LogP contribution is -2.42. The van der Waals surface area contributed by atoms with Gasteiger partial charge in [-0.15, -0.1) is 0 Å². The molecule has 3 rings (SSSR count). The molecule has 1 aliphatic heterocycles. The SMILES string of the molecule is NCCN(C1CC1)C1CCN(C(=O)OCc2ccccc2)C1. The van der Waals surface area contributed by atoms with Gasteiger partial charge in [0.2, 0.25) is 0 Å². The summed E-state index contributed by atoms with van der Waals surface area (Å²) in [5, 5.41) is 0. The van der Waals surface area contributed by atoms with Gasteiger partial charge in [-0.3, -0.25) is 4.90 Å². The molecule has 2 aliphatic rings. The van der Waals surface area contributed by atoms with Crippen LogP contribution in [0, 0.1) is 0 Å². The maximum atomic E-state index is 12.2. The minimum atomic E-state index is -0.199. The molecule has 5 heteroatoms. The van der Waals surface area contributed by atoms with E-state index in [2.05, 4.69) is 4.90 Å². The van der Waals surface area contributed by atoms with Gasteiger partial charge < -0.3 is 15.4 Å². The predicted molar refractivity (Wildman–Crippen MR) is 85.4 cm³/mol. The highest BCUT2D eigenvalue weighted by molar-refractivity contribution is 5.68. The van der Waals surface area contributed by atoms with Crippen molar-refractivity contribution in [2.45, 2.75) is 38.0 Å². The van der Waals surface area contributed by atoms with Gasteiger partial charge in [0.05, 0.1) is 0 Å². The van der Waals surface area contributed by atoms with E-state index in [-0.39, 0.29) is 6.09 Å². The molecule has 120 valence electrons. The molecule has 1 aliphatic carbocycles. The third-order valence-corrected chi connectivity index (χ3v) is 4.50. The van der Waals surface area contributed by atoms with Crippen molar-refractivity contribution in [2.75, 3.05) is 26.2 Å². The van der Waals surface area contributed by atoms with Crippen LogP contribution in [0.5, 0.6) is 0 Å². The minimum Gasteiger partial charge on any atom is -0.445 e. The molecule has 2 fully saturated rings. The molecule has 1 heterocycles. The van der Waals surface area contributed by atoms with E-state index in [0.29, 0.717) is 25.2 Å². The van der Waals surface area contributed by atoms with Crippen LogP contribution >= 0.6 is 0 Å². The Morgan fingerprint density at radius 2 is 2.00 bits per heavy atom. The number of likely N-dealkylation sites (tertiary alicyclic amines) is 1. The first-order valence-electron chi connectivity index (χ1n) is 8.19. The van der Waals surface area contributed by atoms with Gasteiger partial charge in [0, 0.05) is 38.3 Å². The minimum absolute atomic E-state index is 0.199. The van der Waals surface area contributed by atoms with E-state index in [1.165, 1.54) is 12.8 Å². The Hall–Kier alpha value is -1.59. The molecule has 1 atom stereocenters. The van der Waals surface area contributed by atoms with Crippen LogP contribution in [0.4, 0.5) is 4.79 Å². The summed E-state index contributed by atoms with van der Waals surface area (Å²) in [5.41, 5.74) is 6.74. The molecule has 1 amide bonds. The highest BCUT2D eigenvalue weighted by Crippen LogP contribution is 2.31. The Kier molecular flexibility index (Phi) is 4.95. The Balaban J connectivity index is 1.48. The fourth-order valence-electron chi connectivity index (χ4n) is 3.21. The monoisotopic (exact) mass is 303 g/mol. The van der Waals surface area contributed by atoms with Crippen LogP contribution < -0.4 is 5.73 Å². The third kappa shape index (κ3) is 3.78. The summed E-state index contributed by atoms with van der Waals surface area (Å²) in [4.78, 5) is 16.5. The van der Waals surface area contributed by atoms with Crippen molar-refractivity contribution in [3.63, 3.8) is 0 Å². The van der Waals surface area contributed by atoms with Crippen molar-refractivity contribution < 1.29 is 9.53 Å². The fraction of sp³-hybridized carbons (Fsp3) is 0.588. The zero-order chi connectivity index (χ0) is 15.4. The number of ether oxygens (including phenoxy) is 1. The molecule has 1 unspecified atom stereocenters. The Morgan fingerprint density at radius 1 is 1.23 bits per heavy atom. The van der Waals surface area contributed by atoms with E-state index in [1.807, 2.05) is 35.2 Å². The number of rotatable bonds is 6. The van der Waals surface area contributed by atoms with Crippen molar-refractivity contribution in [3.8, 4) is 0 Å². The Bertz CT molecular complexity index is 490. The van der Waals surface area contributed by atoms with E-state index in [4.69, 9.17) is 10.5 Å². The van der Waals surface area contributed by atoms with Crippen molar-refractivity contribution in [2.24, 2.45) is 5.73 Å². The van der Waals surface area contributed by atoms with Crippen LogP contribution in [0.3, 0.4) is 0 Å². The zero-order valence-electron chi connectivity index (χ0n) is 13.0. The first kappa shape index (κ1) is 15.3. The maximum absolute atomic E-state index is 12.2. The van der Waals surface area contributed by atoms with Crippen LogP contribution in [0.1, 0.15) is 24.8 Å². The molecule has 22 heavy (non-hydrogen) atoms. The van der Waals surface area contributed by atoms with Crippen molar-refractivity contribution >= 4 is 6.09 Å². The van der Waals surface area contributed by atoms with E-state index < -0.39 is 0 Å². The van der Waals surface area contributed by atoms with Crippen LogP contribution in [-0.4, -0.2) is 54.2 Å². The first-order chi connectivity index (χ1) is 10.8. The van der Waals surface area contributed by atoms with Gasteiger partial charge in [-0.2, -0.15) is 0 Å². The number of hydrogen-bond donors (Lipinski definition) is 1. The second-order valence-corrected chi connectivity index (χ2v) is 6.19. The van der Waals surface area contributed by atoms with Crippen LogP contribution in [0.2, 0.25) is 0 Å². The van der Waals surface area contributed by atoms with E-state index in [1.54, 1.807) is 0 Å². The summed E-state index contributed by atoms with van der Waals surface area (Å²) in [7, 11) is 0. The third-order valence-electron chi connectivity index (χ3n) is 4.50. The highest BCUT2D eigenvalue weighted by Gasteiger charge is 2.38. The molecule has 0 spiro atoms. The molecule has 5 nitrogen and oxygen atoms in total. The Morgan fingerprint density at radius 3 is 2.68 bits per heavy atom. The molecule has 0 radical (unpaired) electrons. The molecule has 1 saturated heterocycles. The lowest BCUT2D eigenvalue weighted by atomic mass is 10.2. The number of amides is 1. The van der Waals surface area contributed by atoms with E-state index >= 15 is 0 Å². The summed E-state index contributed by atoms with van der Waals surface area (Å²) in [6.45, 7) is 3.51. The second-order valence-electron chi connectivity index (χ2n) is 6.19. The van der Waals surface area contributed by atoms with Gasteiger partial charge in [-0.1, -0.05) is 30.3 Å². The second kappa shape index (κ2) is 7.11. The number of carbonyl (C=O) groups is 1. The quantitative estimate of drug-likeness (QED) is 0.871. The molecular formula is C17H25N3O2. The smallest absolute Gasteiger partial charge is 0.410 e. The topological polar surface area (TPSA) is 58.8 Å². The number of nitrogens with two attached hydrogens (primary N) is 1. The lowest BCUT2D eigenvalue weighted by molar-refractivity contribution is 0.0996. The Labute approximate surface area is 132 Å². The van der Waals surface area contributed by atoms with E-state index in [0.717, 1.165) is 31.6 Å². The normalized spacial score (nSPS) is 21.4. The molecule has 1 saturated carbocycles. The summed E-state index contributed by atoms with van der Waals surface area (Å²) in [6, 6.07) is 10.9. The lowest BCUT2D eigenvalue weighted by Gasteiger charge is -2.28. The summed E-state index contributed by atoms with van der Waals surface area (Å²) >= 11 is 0. The molecule has 2 N–H and O–H groups in total. The van der Waals surface area contributed by atoms with Crippen LogP contribution in [0.25, 0.3) is 0 Å². The molecule has 1 aromatic carbocycles. The fourth-order valence-corrected chi connectivity index (χ4v) is 3.21. The number of hydrogen-bond acceptors (Lipinski definition) is 4. The summed E-state index contributed by atoms with van der Waals surface area (Å²) in [6.07, 6.45) is 3.37. The number of nitrogens with zero attached hydrogens (tertiary/aromatic N) is 2. The average molecular weight is 303 g/mol. The number of carbonyl (C=O) groups excluding carboxylic acids is 1. The van der Waals surface area contributed by atoms with Crippen molar-refractivity contribution in [3.05, 3.63) is 35.9 Å². The van der Waals surface area contributed by atoms with Crippen molar-refractivity contribution in [1.29, 1.82) is 0 Å². The largest absolute Gasteiger partial charge is 0.445 e. The van der Waals surface area contributed by atoms with E-state index in [9.17, 15) is 4.79 Å². The highest BCUT2D eigenvalue weighted by atomic mass is 16.6. The van der Waals surface area contributed by atoms with Crippen LogP contribution in [-0.2, 0) is 11.3 Å². The standard InChI is InChI=1S/C17H25N3O2/c18-9-11-20(15-6-7-15)16-8-10-19(12-16)17(21)22-13-14-4-2-1-3-5-14/h1-5,15-16H,6-13,18H2. The van der Waals surface area contributed by atoms with Gasteiger partial charge >= 0.3 is 6.09 Å². The van der Waals surface area contributed by atoms with Gasteiger partial charge in [-0.05, 0) is 24.8 Å². The average Bonchev–Trinajstić information content (AvgIpc) is 3.27. The van der Waals surface area contributed by atoms with Gasteiger partial charge in [0.25, 0.3) is 0 Å². The van der Waals surface area contributed by atoms with Crippen LogP contribution in [0.15, 0.2) is 30.3 Å². The van der Waals surface area contributed by atoms with Gasteiger partial charge in [0.1, 0.15) is 6.61 Å². The summed E-state index contributed by atoms with van der Waals surface area (Å²) < 4.78 is 5.42. The maximum Gasteiger partial charge on any atom is 0.410 e.